The van der Waals surface area contributed by atoms with Crippen LogP contribution in [-0.2, 0) is 11.3 Å². The number of halogens is 2. The van der Waals surface area contributed by atoms with Gasteiger partial charge in [0.2, 0.25) is 0 Å². The fourth-order valence-electron chi connectivity index (χ4n) is 1.76. The highest BCUT2D eigenvalue weighted by molar-refractivity contribution is 6.42. The minimum absolute atomic E-state index is 0.0164. The summed E-state index contributed by atoms with van der Waals surface area (Å²) in [5.74, 6) is 0.148. The van der Waals surface area contributed by atoms with Gasteiger partial charge in [0.15, 0.2) is 0 Å². The molecule has 5 nitrogen and oxygen atoms in total. The van der Waals surface area contributed by atoms with Gasteiger partial charge in [0.25, 0.3) is 5.91 Å². The molecule has 0 spiro atoms. The Hall–Kier alpha value is -1.98. The Balaban J connectivity index is 2.90. The maximum absolute atomic E-state index is 12.2. The Morgan fingerprint density at radius 1 is 1.29 bits per heavy atom. The van der Waals surface area contributed by atoms with Crippen LogP contribution in [-0.4, -0.2) is 12.1 Å². The summed E-state index contributed by atoms with van der Waals surface area (Å²) < 4.78 is 0. The van der Waals surface area contributed by atoms with Gasteiger partial charge in [-0.1, -0.05) is 36.2 Å². The highest BCUT2D eigenvalue weighted by atomic mass is 35.5. The maximum atomic E-state index is 12.2. The van der Waals surface area contributed by atoms with Gasteiger partial charge in [0.1, 0.15) is 11.5 Å². The van der Waals surface area contributed by atoms with Crippen molar-refractivity contribution < 1.29 is 4.79 Å². The predicted molar refractivity (Wildman–Crippen MR) is 100 cm³/mol. The van der Waals surface area contributed by atoms with Crippen LogP contribution in [0.2, 0.25) is 10.0 Å². The molecule has 1 amide bonds. The van der Waals surface area contributed by atoms with E-state index < -0.39 is 5.91 Å². The van der Waals surface area contributed by atoms with Crippen molar-refractivity contribution in [1.82, 2.24) is 10.6 Å². The van der Waals surface area contributed by atoms with Crippen LogP contribution in [0.25, 0.3) is 0 Å². The van der Waals surface area contributed by atoms with Crippen LogP contribution < -0.4 is 16.4 Å². The van der Waals surface area contributed by atoms with E-state index in [9.17, 15) is 4.79 Å². The molecule has 0 aliphatic carbocycles. The molecule has 1 rings (SSSR count). The van der Waals surface area contributed by atoms with Crippen LogP contribution in [0.3, 0.4) is 0 Å². The molecule has 0 aliphatic heterocycles. The summed E-state index contributed by atoms with van der Waals surface area (Å²) in [7, 11) is 0. The number of allylic oxidation sites excluding steroid dienone is 2. The zero-order valence-corrected chi connectivity index (χ0v) is 15.5. The summed E-state index contributed by atoms with van der Waals surface area (Å²) in [6.45, 7) is 5.99. The molecule has 130 valence electrons. The standard InChI is InChI=1S/C17H22Cl2N4O/c1-4-10(2)16(23-17(24)15(21)11(3)8-20)22-9-12-5-6-13(18)14(19)7-12/h5-8,20,22H,4,9,21H2,1-3H3,(H,23,24)/b15-11-,16-10-,20-8?. The number of amides is 1. The van der Waals surface area contributed by atoms with Crippen LogP contribution in [0.15, 0.2) is 40.9 Å². The molecule has 0 aliphatic rings. The van der Waals surface area contributed by atoms with E-state index in [1.165, 1.54) is 0 Å². The van der Waals surface area contributed by atoms with Gasteiger partial charge in [-0.05, 0) is 49.1 Å². The molecule has 0 radical (unpaired) electrons. The first-order chi connectivity index (χ1) is 11.3. The van der Waals surface area contributed by atoms with E-state index >= 15 is 0 Å². The Morgan fingerprint density at radius 2 is 1.96 bits per heavy atom. The summed E-state index contributed by atoms with van der Waals surface area (Å²) in [6, 6.07) is 5.35. The lowest BCUT2D eigenvalue weighted by Crippen LogP contribution is -2.35. The van der Waals surface area contributed by atoms with Crippen molar-refractivity contribution in [2.24, 2.45) is 5.73 Å². The number of nitrogens with one attached hydrogen (secondary N) is 3. The predicted octanol–water partition coefficient (Wildman–Crippen LogP) is 3.72. The van der Waals surface area contributed by atoms with Crippen molar-refractivity contribution in [3.05, 3.63) is 56.5 Å². The van der Waals surface area contributed by atoms with E-state index in [1.807, 2.05) is 19.9 Å². The molecule has 0 aromatic heterocycles. The molecule has 0 bridgehead atoms. The quantitative estimate of drug-likeness (QED) is 0.436. The third kappa shape index (κ3) is 5.58. The topological polar surface area (TPSA) is 91.0 Å². The first-order valence-corrected chi connectivity index (χ1v) is 8.21. The Kier molecular flexibility index (Phi) is 7.82. The van der Waals surface area contributed by atoms with Crippen LogP contribution in [0.5, 0.6) is 0 Å². The lowest BCUT2D eigenvalue weighted by atomic mass is 10.2. The Labute approximate surface area is 152 Å². The van der Waals surface area contributed by atoms with Gasteiger partial charge in [-0.3, -0.25) is 4.79 Å². The minimum atomic E-state index is -0.444. The van der Waals surface area contributed by atoms with E-state index in [-0.39, 0.29) is 5.70 Å². The summed E-state index contributed by atoms with van der Waals surface area (Å²) in [5.41, 5.74) is 8.07. The number of benzene rings is 1. The molecule has 1 aromatic carbocycles. The fourth-order valence-corrected chi connectivity index (χ4v) is 2.08. The smallest absolute Gasteiger partial charge is 0.272 e. The first kappa shape index (κ1) is 20.1. The Bertz CT molecular complexity index is 696. The summed E-state index contributed by atoms with van der Waals surface area (Å²) in [6.07, 6.45) is 1.81. The Morgan fingerprint density at radius 3 is 2.50 bits per heavy atom. The SMILES string of the molecule is CC/C(C)=C(/NCc1ccc(Cl)c(Cl)c1)NC(=O)/C(N)=C(\C)C=N. The average molecular weight is 369 g/mol. The van der Waals surface area contributed by atoms with Crippen LogP contribution in [0, 0.1) is 5.41 Å². The van der Waals surface area contributed by atoms with Gasteiger partial charge in [-0.25, -0.2) is 0 Å². The third-order valence-corrected chi connectivity index (χ3v) is 4.27. The van der Waals surface area contributed by atoms with Crippen molar-refractivity contribution in [2.45, 2.75) is 33.7 Å². The van der Waals surface area contributed by atoms with E-state index in [2.05, 4.69) is 10.6 Å². The van der Waals surface area contributed by atoms with Crippen LogP contribution in [0.4, 0.5) is 0 Å². The van der Waals surface area contributed by atoms with Gasteiger partial charge in [0.05, 0.1) is 10.0 Å². The summed E-state index contributed by atoms with van der Waals surface area (Å²) >= 11 is 11.9. The highest BCUT2D eigenvalue weighted by Crippen LogP contribution is 2.22. The van der Waals surface area contributed by atoms with Gasteiger partial charge in [0, 0.05) is 12.8 Å². The second kappa shape index (κ2) is 9.35. The molecule has 7 heteroatoms. The molecule has 0 unspecified atom stereocenters. The maximum Gasteiger partial charge on any atom is 0.272 e. The normalized spacial score (nSPS) is 12.9. The van der Waals surface area contributed by atoms with Gasteiger partial charge in [-0.15, -0.1) is 0 Å². The number of rotatable bonds is 7. The number of carbonyl (C=O) groups excluding carboxylic acids is 1. The lowest BCUT2D eigenvalue weighted by Gasteiger charge is -2.16. The molecule has 0 saturated heterocycles. The van der Waals surface area contributed by atoms with Crippen LogP contribution >= 0.6 is 23.2 Å². The van der Waals surface area contributed by atoms with Crippen molar-refractivity contribution in [2.75, 3.05) is 0 Å². The second-order valence-corrected chi connectivity index (χ2v) is 6.12. The summed E-state index contributed by atoms with van der Waals surface area (Å²) in [4.78, 5) is 12.2. The van der Waals surface area contributed by atoms with E-state index in [0.29, 0.717) is 28.0 Å². The monoisotopic (exact) mass is 368 g/mol. The van der Waals surface area contributed by atoms with E-state index in [4.69, 9.17) is 34.3 Å². The lowest BCUT2D eigenvalue weighted by molar-refractivity contribution is -0.117. The third-order valence-electron chi connectivity index (χ3n) is 3.53. The van der Waals surface area contributed by atoms with Crippen molar-refractivity contribution >= 4 is 35.3 Å². The number of hydrogen-bond donors (Lipinski definition) is 4. The number of nitrogens with two attached hydrogens (primary N) is 1. The molecular weight excluding hydrogens is 347 g/mol. The molecule has 24 heavy (non-hydrogen) atoms. The van der Waals surface area contributed by atoms with Gasteiger partial charge in [-0.2, -0.15) is 0 Å². The minimum Gasteiger partial charge on any atom is -0.394 e. The second-order valence-electron chi connectivity index (χ2n) is 5.31. The zero-order valence-electron chi connectivity index (χ0n) is 14.0. The molecule has 0 fully saturated rings. The van der Waals surface area contributed by atoms with E-state index in [1.54, 1.807) is 19.1 Å². The van der Waals surface area contributed by atoms with Gasteiger partial charge >= 0.3 is 0 Å². The molecule has 0 atom stereocenters. The number of carbonyl (C=O) groups is 1. The van der Waals surface area contributed by atoms with Crippen LogP contribution in [0.1, 0.15) is 32.8 Å². The van der Waals surface area contributed by atoms with Crippen molar-refractivity contribution in [3.8, 4) is 0 Å². The molecule has 0 saturated carbocycles. The number of hydrogen-bond acceptors (Lipinski definition) is 4. The van der Waals surface area contributed by atoms with Crippen molar-refractivity contribution in [3.63, 3.8) is 0 Å². The molecule has 5 N–H and O–H groups in total. The largest absolute Gasteiger partial charge is 0.394 e. The average Bonchev–Trinajstić information content (AvgIpc) is 2.58. The molecule has 1 aromatic rings. The van der Waals surface area contributed by atoms with Gasteiger partial charge < -0.3 is 21.8 Å². The highest BCUT2D eigenvalue weighted by Gasteiger charge is 2.12. The molecule has 0 heterocycles. The fraction of sp³-hybridized carbons (Fsp3) is 0.294. The van der Waals surface area contributed by atoms with E-state index in [0.717, 1.165) is 23.8 Å². The zero-order chi connectivity index (χ0) is 18.3. The van der Waals surface area contributed by atoms with Crippen molar-refractivity contribution in [1.29, 1.82) is 5.41 Å². The first-order valence-electron chi connectivity index (χ1n) is 7.45. The summed E-state index contributed by atoms with van der Waals surface area (Å²) in [5, 5.41) is 14.1. The molecular formula is C17H22Cl2N4O.